The predicted molar refractivity (Wildman–Crippen MR) is 53.8 cm³/mol. The molecule has 0 unspecified atom stereocenters. The summed E-state index contributed by atoms with van der Waals surface area (Å²) in [4.78, 5) is -0.243. The van der Waals surface area contributed by atoms with Crippen LogP contribution < -0.4 is 5.14 Å². The van der Waals surface area contributed by atoms with E-state index in [-0.39, 0.29) is 27.1 Å². The molecule has 1 aromatic rings. The van der Waals surface area contributed by atoms with Crippen molar-refractivity contribution in [3.63, 3.8) is 0 Å². The Labute approximate surface area is 91.3 Å². The molecule has 0 spiro atoms. The minimum absolute atomic E-state index is 0.0605. The van der Waals surface area contributed by atoms with Gasteiger partial charge in [0.05, 0.1) is 11.6 Å². The van der Waals surface area contributed by atoms with Crippen molar-refractivity contribution in [1.82, 2.24) is 0 Å². The Balaban J connectivity index is 3.47. The molecule has 0 saturated carbocycles. The number of nitrogens with two attached hydrogens (primary N) is 1. The number of halogens is 2. The van der Waals surface area contributed by atoms with Gasteiger partial charge in [-0.25, -0.2) is 13.6 Å². The number of primary sulfonamides is 1. The monoisotopic (exact) mass is 255 g/mol. The second-order valence-electron chi connectivity index (χ2n) is 2.58. The summed E-state index contributed by atoms with van der Waals surface area (Å²) in [6.07, 6.45) is 0. The van der Waals surface area contributed by atoms with Crippen LogP contribution in [0.1, 0.15) is 5.56 Å². The van der Waals surface area contributed by atoms with Crippen LogP contribution in [0.2, 0.25) is 10.0 Å². The molecule has 0 atom stereocenters. The Morgan fingerprint density at radius 2 is 1.86 bits per heavy atom. The summed E-state index contributed by atoms with van der Waals surface area (Å²) >= 11 is 11.3. The summed E-state index contributed by atoms with van der Waals surface area (Å²) in [5.74, 6) is 0. The van der Waals surface area contributed by atoms with Crippen LogP contribution in [0.5, 0.6) is 0 Å². The number of aliphatic hydroxyl groups is 1. The minimum atomic E-state index is -3.88. The van der Waals surface area contributed by atoms with Gasteiger partial charge in [-0.05, 0) is 17.7 Å². The van der Waals surface area contributed by atoms with E-state index < -0.39 is 10.0 Å². The predicted octanol–water partition coefficient (Wildman–Crippen LogP) is 1.13. The number of sulfonamides is 1. The lowest BCUT2D eigenvalue weighted by molar-refractivity contribution is 0.281. The Hall–Kier alpha value is -0.330. The zero-order valence-corrected chi connectivity index (χ0v) is 9.20. The molecule has 0 aliphatic rings. The van der Waals surface area contributed by atoms with Crippen molar-refractivity contribution in [2.75, 3.05) is 0 Å². The van der Waals surface area contributed by atoms with Gasteiger partial charge in [0.2, 0.25) is 10.0 Å². The average Bonchev–Trinajstić information content (AvgIpc) is 2.02. The van der Waals surface area contributed by atoms with Gasteiger partial charge in [0.1, 0.15) is 4.90 Å². The van der Waals surface area contributed by atoms with E-state index >= 15 is 0 Å². The van der Waals surface area contributed by atoms with Crippen LogP contribution in [0.3, 0.4) is 0 Å². The lowest BCUT2D eigenvalue weighted by Crippen LogP contribution is -2.13. The SMILES string of the molecule is NS(=O)(=O)c1cc(CO)c(Cl)cc1Cl. The molecule has 0 bridgehead atoms. The zero-order valence-electron chi connectivity index (χ0n) is 6.87. The Bertz CT molecular complexity index is 458. The fourth-order valence-electron chi connectivity index (χ4n) is 0.910. The summed E-state index contributed by atoms with van der Waals surface area (Å²) in [7, 11) is -3.88. The van der Waals surface area contributed by atoms with E-state index in [0.29, 0.717) is 0 Å². The van der Waals surface area contributed by atoms with E-state index in [1.807, 2.05) is 0 Å². The Kier molecular flexibility index (Phi) is 3.39. The Morgan fingerprint density at radius 1 is 1.29 bits per heavy atom. The maximum atomic E-state index is 11.0. The highest BCUT2D eigenvalue weighted by molar-refractivity contribution is 7.89. The third kappa shape index (κ3) is 2.37. The molecule has 0 amide bonds. The summed E-state index contributed by atoms with van der Waals surface area (Å²) < 4.78 is 22.0. The van der Waals surface area contributed by atoms with Crippen molar-refractivity contribution in [2.24, 2.45) is 5.14 Å². The van der Waals surface area contributed by atoms with Crippen molar-refractivity contribution in [3.8, 4) is 0 Å². The maximum Gasteiger partial charge on any atom is 0.239 e. The lowest BCUT2D eigenvalue weighted by Gasteiger charge is -2.05. The van der Waals surface area contributed by atoms with Gasteiger partial charge in [0.25, 0.3) is 0 Å². The van der Waals surface area contributed by atoms with Gasteiger partial charge in [-0.1, -0.05) is 23.2 Å². The average molecular weight is 256 g/mol. The first-order valence-electron chi connectivity index (χ1n) is 3.48. The van der Waals surface area contributed by atoms with E-state index in [1.165, 1.54) is 6.07 Å². The molecule has 78 valence electrons. The molecule has 4 nitrogen and oxygen atoms in total. The quantitative estimate of drug-likeness (QED) is 0.832. The molecule has 0 fully saturated rings. The fraction of sp³-hybridized carbons (Fsp3) is 0.143. The first kappa shape index (κ1) is 11.7. The Morgan fingerprint density at radius 3 is 2.29 bits per heavy atom. The van der Waals surface area contributed by atoms with Crippen LogP contribution in [0.4, 0.5) is 0 Å². The van der Waals surface area contributed by atoms with Crippen molar-refractivity contribution < 1.29 is 13.5 Å². The molecule has 1 rings (SSSR count). The first-order valence-corrected chi connectivity index (χ1v) is 5.78. The van der Waals surface area contributed by atoms with Gasteiger partial charge >= 0.3 is 0 Å². The smallest absolute Gasteiger partial charge is 0.239 e. The largest absolute Gasteiger partial charge is 0.392 e. The standard InChI is InChI=1S/C7H7Cl2NO3S/c8-5-2-6(9)7(14(10,12)13)1-4(5)3-11/h1-2,11H,3H2,(H2,10,12,13). The molecule has 14 heavy (non-hydrogen) atoms. The summed E-state index contributed by atoms with van der Waals surface area (Å²) in [5.41, 5.74) is 0.264. The number of benzene rings is 1. The van der Waals surface area contributed by atoms with E-state index in [0.717, 1.165) is 6.07 Å². The number of hydrogen-bond donors (Lipinski definition) is 2. The molecule has 0 aromatic heterocycles. The fourth-order valence-corrected chi connectivity index (χ4v) is 2.31. The molecule has 0 aliphatic carbocycles. The van der Waals surface area contributed by atoms with Crippen LogP contribution in [0, 0.1) is 0 Å². The molecule has 0 saturated heterocycles. The van der Waals surface area contributed by atoms with Gasteiger partial charge in [0.15, 0.2) is 0 Å². The van der Waals surface area contributed by atoms with Crippen LogP contribution in [0.15, 0.2) is 17.0 Å². The molecule has 1 aromatic carbocycles. The number of rotatable bonds is 2. The van der Waals surface area contributed by atoms with Crippen molar-refractivity contribution in [2.45, 2.75) is 11.5 Å². The summed E-state index contributed by atoms with van der Waals surface area (Å²) in [6.45, 7) is -0.376. The second-order valence-corrected chi connectivity index (χ2v) is 4.92. The highest BCUT2D eigenvalue weighted by Gasteiger charge is 2.15. The molecule has 7 heteroatoms. The topological polar surface area (TPSA) is 80.4 Å². The van der Waals surface area contributed by atoms with Gasteiger partial charge in [-0.15, -0.1) is 0 Å². The maximum absolute atomic E-state index is 11.0. The highest BCUT2D eigenvalue weighted by Crippen LogP contribution is 2.27. The molecule has 0 aliphatic heterocycles. The molecular formula is C7H7Cl2NO3S. The zero-order chi connectivity index (χ0) is 10.9. The number of hydrogen-bond acceptors (Lipinski definition) is 3. The summed E-state index contributed by atoms with van der Waals surface area (Å²) in [5, 5.41) is 13.9. The molecular weight excluding hydrogens is 249 g/mol. The van der Waals surface area contributed by atoms with Crippen molar-refractivity contribution in [1.29, 1.82) is 0 Å². The first-order chi connectivity index (χ1) is 6.36. The lowest BCUT2D eigenvalue weighted by atomic mass is 10.2. The van der Waals surface area contributed by atoms with Crippen LogP contribution in [0.25, 0.3) is 0 Å². The molecule has 0 heterocycles. The summed E-state index contributed by atoms with van der Waals surface area (Å²) in [6, 6.07) is 2.38. The van der Waals surface area contributed by atoms with Crippen molar-refractivity contribution >= 4 is 33.2 Å². The van der Waals surface area contributed by atoms with Crippen LogP contribution >= 0.6 is 23.2 Å². The van der Waals surface area contributed by atoms with Crippen LogP contribution in [-0.4, -0.2) is 13.5 Å². The van der Waals surface area contributed by atoms with Gasteiger partial charge in [0, 0.05) is 5.02 Å². The van der Waals surface area contributed by atoms with E-state index in [2.05, 4.69) is 0 Å². The number of aliphatic hydroxyl groups excluding tert-OH is 1. The van der Waals surface area contributed by atoms with E-state index in [4.69, 9.17) is 33.4 Å². The van der Waals surface area contributed by atoms with Gasteiger partial charge in [-0.2, -0.15) is 0 Å². The van der Waals surface area contributed by atoms with E-state index in [1.54, 1.807) is 0 Å². The molecule has 3 N–H and O–H groups in total. The third-order valence-electron chi connectivity index (χ3n) is 1.58. The van der Waals surface area contributed by atoms with Gasteiger partial charge in [-0.3, -0.25) is 0 Å². The normalized spacial score (nSPS) is 11.7. The third-order valence-corrected chi connectivity index (χ3v) is 3.31. The second kappa shape index (κ2) is 4.04. The minimum Gasteiger partial charge on any atom is -0.392 e. The van der Waals surface area contributed by atoms with E-state index in [9.17, 15) is 8.42 Å². The van der Waals surface area contributed by atoms with Gasteiger partial charge < -0.3 is 5.11 Å². The van der Waals surface area contributed by atoms with Crippen LogP contribution in [-0.2, 0) is 16.6 Å². The molecule has 0 radical (unpaired) electrons. The highest BCUT2D eigenvalue weighted by atomic mass is 35.5. The van der Waals surface area contributed by atoms with Crippen molar-refractivity contribution in [3.05, 3.63) is 27.7 Å².